The highest BCUT2D eigenvalue weighted by molar-refractivity contribution is 5.69. The second-order valence-electron chi connectivity index (χ2n) is 7.00. The lowest BCUT2D eigenvalue weighted by Crippen LogP contribution is -2.36. The van der Waals surface area contributed by atoms with Gasteiger partial charge in [-0.3, -0.25) is 4.90 Å². The first-order valence-electron chi connectivity index (χ1n) is 8.24. The summed E-state index contributed by atoms with van der Waals surface area (Å²) in [6, 6.07) is 9.81. The van der Waals surface area contributed by atoms with Crippen LogP contribution < -0.4 is 0 Å². The molecule has 1 saturated heterocycles. The van der Waals surface area contributed by atoms with E-state index in [1.807, 2.05) is 51.1 Å². The highest BCUT2D eigenvalue weighted by Crippen LogP contribution is 2.30. The number of benzene rings is 1. The molecular weight excluding hydrogens is 306 g/mol. The first-order valence-corrected chi connectivity index (χ1v) is 8.24. The Labute approximate surface area is 141 Å². The van der Waals surface area contributed by atoms with Crippen molar-refractivity contribution in [3.05, 3.63) is 41.7 Å². The van der Waals surface area contributed by atoms with Gasteiger partial charge in [0.1, 0.15) is 5.60 Å². The fraction of sp³-hybridized carbons (Fsp3) is 0.529. The summed E-state index contributed by atoms with van der Waals surface area (Å²) in [6.45, 7) is 6.82. The van der Waals surface area contributed by atoms with E-state index in [-0.39, 0.29) is 12.1 Å². The van der Waals surface area contributed by atoms with Gasteiger partial charge in [-0.1, -0.05) is 30.3 Å². The number of nitrogens with zero attached hydrogens (tertiary/aromatic N) is 5. The number of rotatable bonds is 3. The number of hydrogen-bond donors (Lipinski definition) is 0. The Bertz CT molecular complexity index is 693. The minimum absolute atomic E-state index is 0.163. The van der Waals surface area contributed by atoms with Crippen molar-refractivity contribution < 1.29 is 9.53 Å². The summed E-state index contributed by atoms with van der Waals surface area (Å²) >= 11 is 0. The third-order valence-corrected chi connectivity index (χ3v) is 3.81. The third kappa shape index (κ3) is 3.90. The lowest BCUT2D eigenvalue weighted by Gasteiger charge is -2.27. The minimum atomic E-state index is -0.511. The molecule has 1 amide bonds. The molecule has 0 spiro atoms. The van der Waals surface area contributed by atoms with E-state index in [2.05, 4.69) is 15.4 Å². The molecule has 7 nitrogen and oxygen atoms in total. The molecule has 128 valence electrons. The smallest absolute Gasteiger partial charge is 0.410 e. The maximum absolute atomic E-state index is 12.4. The third-order valence-electron chi connectivity index (χ3n) is 3.81. The number of carbonyl (C=O) groups excluding carboxylic acids is 1. The fourth-order valence-corrected chi connectivity index (χ4v) is 2.78. The minimum Gasteiger partial charge on any atom is -0.444 e. The van der Waals surface area contributed by atoms with Crippen molar-refractivity contribution in [2.45, 2.75) is 51.8 Å². The molecule has 2 heterocycles. The Morgan fingerprint density at radius 1 is 1.29 bits per heavy atom. The van der Waals surface area contributed by atoms with Crippen molar-refractivity contribution >= 4 is 6.09 Å². The number of hydrogen-bond acceptors (Lipinski definition) is 5. The van der Waals surface area contributed by atoms with Gasteiger partial charge in [-0.25, -0.2) is 4.79 Å². The van der Waals surface area contributed by atoms with E-state index in [1.54, 1.807) is 9.70 Å². The van der Waals surface area contributed by atoms with Gasteiger partial charge in [-0.05, 0) is 44.4 Å². The van der Waals surface area contributed by atoms with E-state index in [4.69, 9.17) is 4.74 Å². The molecule has 0 bridgehead atoms. The highest BCUT2D eigenvalue weighted by Gasteiger charge is 2.35. The number of tetrazole rings is 1. The van der Waals surface area contributed by atoms with Crippen LogP contribution in [-0.2, 0) is 11.3 Å². The van der Waals surface area contributed by atoms with Gasteiger partial charge < -0.3 is 4.74 Å². The van der Waals surface area contributed by atoms with Crippen LogP contribution in [-0.4, -0.2) is 43.3 Å². The predicted octanol–water partition coefficient (Wildman–Crippen LogP) is 2.79. The van der Waals surface area contributed by atoms with Gasteiger partial charge in [0, 0.05) is 6.54 Å². The van der Waals surface area contributed by atoms with Crippen molar-refractivity contribution in [3.8, 4) is 0 Å². The first-order chi connectivity index (χ1) is 11.4. The number of amides is 1. The van der Waals surface area contributed by atoms with Crippen LogP contribution in [0, 0.1) is 0 Å². The van der Waals surface area contributed by atoms with Crippen LogP contribution in [0.1, 0.15) is 51.0 Å². The van der Waals surface area contributed by atoms with Crippen molar-refractivity contribution in [2.75, 3.05) is 6.54 Å². The van der Waals surface area contributed by atoms with Crippen LogP contribution in [0.3, 0.4) is 0 Å². The monoisotopic (exact) mass is 329 g/mol. The summed E-state index contributed by atoms with van der Waals surface area (Å²) in [4.78, 5) is 15.6. The van der Waals surface area contributed by atoms with Crippen LogP contribution in [0.2, 0.25) is 0 Å². The van der Waals surface area contributed by atoms with E-state index in [0.717, 1.165) is 18.4 Å². The highest BCUT2D eigenvalue weighted by atomic mass is 16.6. The molecule has 1 aliphatic heterocycles. The Morgan fingerprint density at radius 2 is 2.04 bits per heavy atom. The average molecular weight is 329 g/mol. The molecule has 0 saturated carbocycles. The molecule has 2 aromatic rings. The van der Waals surface area contributed by atoms with Crippen LogP contribution in [0.4, 0.5) is 4.79 Å². The van der Waals surface area contributed by atoms with E-state index < -0.39 is 5.60 Å². The molecule has 0 radical (unpaired) electrons. The van der Waals surface area contributed by atoms with Gasteiger partial charge in [0.05, 0.1) is 12.6 Å². The van der Waals surface area contributed by atoms with E-state index in [0.29, 0.717) is 18.9 Å². The zero-order valence-electron chi connectivity index (χ0n) is 14.3. The Balaban J connectivity index is 1.70. The topological polar surface area (TPSA) is 73.1 Å². The van der Waals surface area contributed by atoms with Crippen molar-refractivity contribution in [1.29, 1.82) is 0 Å². The Hall–Kier alpha value is -2.44. The molecule has 1 atom stereocenters. The summed E-state index contributed by atoms with van der Waals surface area (Å²) in [6.07, 6.45) is 1.43. The SMILES string of the molecule is CC(C)(C)OC(=O)N1CCCC1c1nnn(Cc2ccccc2)n1. The summed E-state index contributed by atoms with van der Waals surface area (Å²) in [5, 5.41) is 12.7. The molecule has 24 heavy (non-hydrogen) atoms. The van der Waals surface area contributed by atoms with Crippen molar-refractivity contribution in [1.82, 2.24) is 25.1 Å². The summed E-state index contributed by atoms with van der Waals surface area (Å²) in [5.41, 5.74) is 0.597. The number of carbonyl (C=O) groups is 1. The number of ether oxygens (including phenoxy) is 1. The predicted molar refractivity (Wildman–Crippen MR) is 88.3 cm³/mol. The van der Waals surface area contributed by atoms with E-state index in [9.17, 15) is 4.79 Å². The summed E-state index contributed by atoms with van der Waals surface area (Å²) in [5.74, 6) is 0.578. The zero-order chi connectivity index (χ0) is 17.2. The fourth-order valence-electron chi connectivity index (χ4n) is 2.78. The van der Waals surface area contributed by atoms with Gasteiger partial charge in [-0.15, -0.1) is 10.2 Å². The Kier molecular flexibility index (Phi) is 4.51. The molecule has 1 aromatic carbocycles. The van der Waals surface area contributed by atoms with Gasteiger partial charge in [0.2, 0.25) is 0 Å². The van der Waals surface area contributed by atoms with Crippen molar-refractivity contribution in [3.63, 3.8) is 0 Å². The number of likely N-dealkylation sites (tertiary alicyclic amines) is 1. The van der Waals surface area contributed by atoms with Crippen LogP contribution >= 0.6 is 0 Å². The summed E-state index contributed by atoms with van der Waals surface area (Å²) in [7, 11) is 0. The van der Waals surface area contributed by atoms with Crippen LogP contribution in [0.15, 0.2) is 30.3 Å². The molecule has 1 aromatic heterocycles. The first kappa shape index (κ1) is 16.4. The molecule has 0 aliphatic carbocycles. The second kappa shape index (κ2) is 6.59. The second-order valence-corrected chi connectivity index (χ2v) is 7.00. The molecule has 1 unspecified atom stereocenters. The lowest BCUT2D eigenvalue weighted by molar-refractivity contribution is 0.0218. The molecule has 7 heteroatoms. The van der Waals surface area contributed by atoms with E-state index in [1.165, 1.54) is 0 Å². The zero-order valence-corrected chi connectivity index (χ0v) is 14.3. The molecule has 3 rings (SSSR count). The molecule has 1 aliphatic rings. The maximum Gasteiger partial charge on any atom is 0.410 e. The normalized spacial score (nSPS) is 18.0. The molecular formula is C17H23N5O2. The maximum atomic E-state index is 12.4. The van der Waals surface area contributed by atoms with Gasteiger partial charge in [-0.2, -0.15) is 4.80 Å². The average Bonchev–Trinajstić information content (AvgIpc) is 3.15. The van der Waals surface area contributed by atoms with Gasteiger partial charge >= 0.3 is 6.09 Å². The Morgan fingerprint density at radius 3 is 2.75 bits per heavy atom. The quantitative estimate of drug-likeness (QED) is 0.866. The van der Waals surface area contributed by atoms with Crippen molar-refractivity contribution in [2.24, 2.45) is 0 Å². The lowest BCUT2D eigenvalue weighted by atomic mass is 10.2. The van der Waals surface area contributed by atoms with Crippen LogP contribution in [0.5, 0.6) is 0 Å². The van der Waals surface area contributed by atoms with Gasteiger partial charge in [0.25, 0.3) is 0 Å². The van der Waals surface area contributed by atoms with E-state index >= 15 is 0 Å². The summed E-state index contributed by atoms with van der Waals surface area (Å²) < 4.78 is 5.48. The molecule has 1 fully saturated rings. The standard InChI is InChI=1S/C17H23N5O2/c1-17(2,3)24-16(23)21-11-7-10-14(21)15-18-20-22(19-15)12-13-8-5-4-6-9-13/h4-6,8-9,14H,7,10-12H2,1-3H3. The number of aromatic nitrogens is 4. The van der Waals surface area contributed by atoms with Crippen LogP contribution in [0.25, 0.3) is 0 Å². The molecule has 0 N–H and O–H groups in total. The van der Waals surface area contributed by atoms with Gasteiger partial charge in [0.15, 0.2) is 5.82 Å². The largest absolute Gasteiger partial charge is 0.444 e.